The second kappa shape index (κ2) is 9.57. The van der Waals surface area contributed by atoms with E-state index in [4.69, 9.17) is 4.74 Å². The lowest BCUT2D eigenvalue weighted by atomic mass is 10.1. The van der Waals surface area contributed by atoms with Gasteiger partial charge >= 0.3 is 5.97 Å². The predicted octanol–water partition coefficient (Wildman–Crippen LogP) is 3.73. The van der Waals surface area contributed by atoms with Gasteiger partial charge in [-0.05, 0) is 43.5 Å². The number of likely N-dealkylation sites (tertiary alicyclic amines) is 1. The van der Waals surface area contributed by atoms with Gasteiger partial charge in [-0.25, -0.2) is 0 Å². The van der Waals surface area contributed by atoms with E-state index in [1.807, 2.05) is 61.5 Å². The molecule has 0 aliphatic carbocycles. The summed E-state index contributed by atoms with van der Waals surface area (Å²) in [5.74, 6) is -1.56. The van der Waals surface area contributed by atoms with E-state index in [0.29, 0.717) is 12.2 Å². The molecule has 1 heterocycles. The highest BCUT2D eigenvalue weighted by Crippen LogP contribution is 2.29. The van der Waals surface area contributed by atoms with Gasteiger partial charge in [0, 0.05) is 18.7 Å². The van der Waals surface area contributed by atoms with Crippen LogP contribution in [0.1, 0.15) is 44.4 Å². The van der Waals surface area contributed by atoms with E-state index >= 15 is 0 Å². The normalized spacial score (nSPS) is 18.0. The number of ether oxygens (including phenoxy) is 1. The molecule has 2 aromatic rings. The van der Waals surface area contributed by atoms with Crippen LogP contribution in [0.4, 0.5) is 5.69 Å². The molecule has 2 amide bonds. The molecule has 0 aromatic heterocycles. The van der Waals surface area contributed by atoms with Crippen molar-refractivity contribution >= 4 is 23.5 Å². The summed E-state index contributed by atoms with van der Waals surface area (Å²) >= 11 is 0. The van der Waals surface area contributed by atoms with Gasteiger partial charge in [0.1, 0.15) is 0 Å². The van der Waals surface area contributed by atoms with Crippen molar-refractivity contribution in [3.8, 4) is 0 Å². The molecule has 0 spiro atoms. The molecule has 30 heavy (non-hydrogen) atoms. The molecule has 3 rings (SSSR count). The molecule has 1 fully saturated rings. The Kier molecular flexibility index (Phi) is 6.87. The summed E-state index contributed by atoms with van der Waals surface area (Å²) in [5.41, 5.74) is 2.84. The molecule has 1 aliphatic rings. The fourth-order valence-electron chi connectivity index (χ4n) is 3.57. The molecule has 158 valence electrons. The SMILES string of the molecule is CCc1ccc(NC(=O)[C@H](C)OC(=O)[C@@H]2CC(=O)N([C@@H](C)c3ccccc3)C2)cc1. The first kappa shape index (κ1) is 21.6. The van der Waals surface area contributed by atoms with Crippen molar-refractivity contribution in [1.29, 1.82) is 0 Å². The summed E-state index contributed by atoms with van der Waals surface area (Å²) in [4.78, 5) is 39.1. The van der Waals surface area contributed by atoms with Crippen LogP contribution in [0.15, 0.2) is 54.6 Å². The van der Waals surface area contributed by atoms with E-state index in [2.05, 4.69) is 12.2 Å². The monoisotopic (exact) mass is 408 g/mol. The lowest BCUT2D eigenvalue weighted by Gasteiger charge is -2.25. The Bertz CT molecular complexity index is 895. The minimum absolute atomic E-state index is 0.0820. The molecule has 0 unspecified atom stereocenters. The molecule has 0 bridgehead atoms. The lowest BCUT2D eigenvalue weighted by molar-refractivity contribution is -0.157. The van der Waals surface area contributed by atoms with Gasteiger partial charge in [0.25, 0.3) is 5.91 Å². The van der Waals surface area contributed by atoms with E-state index in [1.54, 1.807) is 4.90 Å². The highest BCUT2D eigenvalue weighted by atomic mass is 16.5. The van der Waals surface area contributed by atoms with Crippen LogP contribution in [0.5, 0.6) is 0 Å². The Morgan fingerprint density at radius 1 is 1.10 bits per heavy atom. The number of aryl methyl sites for hydroxylation is 1. The number of esters is 1. The molecule has 0 saturated carbocycles. The van der Waals surface area contributed by atoms with Gasteiger partial charge in [0.05, 0.1) is 12.0 Å². The van der Waals surface area contributed by atoms with Gasteiger partial charge in [-0.15, -0.1) is 0 Å². The first-order valence-corrected chi connectivity index (χ1v) is 10.3. The number of carbonyl (C=O) groups is 3. The molecule has 1 N–H and O–H groups in total. The Morgan fingerprint density at radius 2 is 1.77 bits per heavy atom. The molecule has 6 nitrogen and oxygen atoms in total. The van der Waals surface area contributed by atoms with Gasteiger partial charge in [0.15, 0.2) is 6.10 Å². The van der Waals surface area contributed by atoms with Gasteiger partial charge in [0.2, 0.25) is 5.91 Å². The summed E-state index contributed by atoms with van der Waals surface area (Å²) in [6.07, 6.45) is 0.0736. The number of nitrogens with zero attached hydrogens (tertiary/aromatic N) is 1. The zero-order valence-corrected chi connectivity index (χ0v) is 17.6. The van der Waals surface area contributed by atoms with Crippen molar-refractivity contribution in [2.24, 2.45) is 5.92 Å². The number of amides is 2. The van der Waals surface area contributed by atoms with Crippen molar-refractivity contribution in [3.63, 3.8) is 0 Å². The van der Waals surface area contributed by atoms with E-state index in [1.165, 1.54) is 12.5 Å². The van der Waals surface area contributed by atoms with Crippen molar-refractivity contribution in [3.05, 3.63) is 65.7 Å². The fourth-order valence-corrected chi connectivity index (χ4v) is 3.57. The van der Waals surface area contributed by atoms with E-state index in [-0.39, 0.29) is 18.4 Å². The molecule has 2 aromatic carbocycles. The first-order chi connectivity index (χ1) is 14.4. The van der Waals surface area contributed by atoms with Gasteiger partial charge in [-0.2, -0.15) is 0 Å². The van der Waals surface area contributed by atoms with E-state index in [9.17, 15) is 14.4 Å². The fraction of sp³-hybridized carbons (Fsp3) is 0.375. The van der Waals surface area contributed by atoms with Crippen molar-refractivity contribution in [2.75, 3.05) is 11.9 Å². The summed E-state index contributed by atoms with van der Waals surface area (Å²) < 4.78 is 5.37. The minimum Gasteiger partial charge on any atom is -0.452 e. The minimum atomic E-state index is -0.945. The van der Waals surface area contributed by atoms with Crippen LogP contribution >= 0.6 is 0 Å². The third kappa shape index (κ3) is 5.06. The van der Waals surface area contributed by atoms with Gasteiger partial charge in [-0.1, -0.05) is 49.4 Å². The molecule has 3 atom stereocenters. The average Bonchev–Trinajstić information content (AvgIpc) is 3.16. The predicted molar refractivity (Wildman–Crippen MR) is 115 cm³/mol. The number of hydrogen-bond donors (Lipinski definition) is 1. The van der Waals surface area contributed by atoms with Crippen LogP contribution in [0.3, 0.4) is 0 Å². The number of anilines is 1. The van der Waals surface area contributed by atoms with Crippen molar-refractivity contribution in [2.45, 2.75) is 45.8 Å². The Hall–Kier alpha value is -3.15. The van der Waals surface area contributed by atoms with Gasteiger partial charge < -0.3 is 15.0 Å². The van der Waals surface area contributed by atoms with Gasteiger partial charge in [-0.3, -0.25) is 14.4 Å². The molecule has 1 aliphatic heterocycles. The molecular weight excluding hydrogens is 380 g/mol. The molecule has 0 radical (unpaired) electrons. The maximum Gasteiger partial charge on any atom is 0.312 e. The standard InChI is InChI=1S/C24H28N2O4/c1-4-18-10-12-21(13-11-18)25-23(28)17(3)30-24(29)20-14-22(27)26(15-20)16(2)19-8-6-5-7-9-19/h5-13,16-17,20H,4,14-15H2,1-3H3,(H,25,28)/t16-,17-,20+/m0/s1. The maximum atomic E-state index is 12.6. The first-order valence-electron chi connectivity index (χ1n) is 10.3. The Morgan fingerprint density at radius 3 is 2.40 bits per heavy atom. The zero-order valence-electron chi connectivity index (χ0n) is 17.6. The smallest absolute Gasteiger partial charge is 0.312 e. The van der Waals surface area contributed by atoms with Crippen LogP contribution in [0.2, 0.25) is 0 Å². The number of carbonyl (C=O) groups excluding carboxylic acids is 3. The quantitative estimate of drug-likeness (QED) is 0.709. The lowest BCUT2D eigenvalue weighted by Crippen LogP contribution is -2.33. The Balaban J connectivity index is 1.54. The molecule has 1 saturated heterocycles. The van der Waals surface area contributed by atoms with E-state index in [0.717, 1.165) is 12.0 Å². The number of nitrogens with one attached hydrogen (secondary N) is 1. The van der Waals surface area contributed by atoms with Crippen LogP contribution in [-0.2, 0) is 25.5 Å². The Labute approximate surface area is 177 Å². The highest BCUT2D eigenvalue weighted by Gasteiger charge is 2.38. The van der Waals surface area contributed by atoms with Crippen LogP contribution < -0.4 is 5.32 Å². The average molecular weight is 408 g/mol. The molecular formula is C24H28N2O4. The second-order valence-corrected chi connectivity index (χ2v) is 7.65. The third-order valence-corrected chi connectivity index (χ3v) is 5.53. The third-order valence-electron chi connectivity index (χ3n) is 5.53. The zero-order chi connectivity index (χ0) is 21.7. The van der Waals surface area contributed by atoms with Crippen LogP contribution in [0.25, 0.3) is 0 Å². The summed E-state index contributed by atoms with van der Waals surface area (Å²) in [5, 5.41) is 2.75. The van der Waals surface area contributed by atoms with E-state index < -0.39 is 23.9 Å². The van der Waals surface area contributed by atoms with Crippen molar-refractivity contribution in [1.82, 2.24) is 4.90 Å². The summed E-state index contributed by atoms with van der Waals surface area (Å²) in [6, 6.07) is 17.1. The maximum absolute atomic E-state index is 12.6. The van der Waals surface area contributed by atoms with Crippen LogP contribution in [0, 0.1) is 5.92 Å². The second-order valence-electron chi connectivity index (χ2n) is 7.65. The topological polar surface area (TPSA) is 75.7 Å². The largest absolute Gasteiger partial charge is 0.452 e. The molecule has 6 heteroatoms. The number of hydrogen-bond acceptors (Lipinski definition) is 4. The number of benzene rings is 2. The highest BCUT2D eigenvalue weighted by molar-refractivity contribution is 5.95. The summed E-state index contributed by atoms with van der Waals surface area (Å²) in [6.45, 7) is 5.83. The number of rotatable bonds is 7. The van der Waals surface area contributed by atoms with Crippen molar-refractivity contribution < 1.29 is 19.1 Å². The van der Waals surface area contributed by atoms with Crippen LogP contribution in [-0.4, -0.2) is 35.3 Å². The summed E-state index contributed by atoms with van der Waals surface area (Å²) in [7, 11) is 0.